The maximum Gasteiger partial charge on any atom is 0.267 e. The summed E-state index contributed by atoms with van der Waals surface area (Å²) in [5.74, 6) is -3.15. The predicted octanol–water partition coefficient (Wildman–Crippen LogP) is 5.04. The molecule has 2 heterocycles. The van der Waals surface area contributed by atoms with Gasteiger partial charge in [-0.2, -0.15) is 5.10 Å². The van der Waals surface area contributed by atoms with Gasteiger partial charge in [0.2, 0.25) is 0 Å². The maximum atomic E-state index is 15.7. The third-order valence-electron chi connectivity index (χ3n) is 5.06. The fourth-order valence-corrected chi connectivity index (χ4v) is 4.57. The van der Waals surface area contributed by atoms with Gasteiger partial charge in [0.15, 0.2) is 5.82 Å². The van der Waals surface area contributed by atoms with E-state index in [2.05, 4.69) is 17.1 Å². The van der Waals surface area contributed by atoms with Crippen LogP contribution in [0.25, 0.3) is 22.4 Å². The average Bonchev–Trinajstić information content (AvgIpc) is 3.23. The van der Waals surface area contributed by atoms with Crippen LogP contribution < -0.4 is 4.31 Å². The average molecular weight is 471 g/mol. The lowest BCUT2D eigenvalue weighted by molar-refractivity contribution is 0.563. The Morgan fingerprint density at radius 3 is 2.36 bits per heavy atom. The lowest BCUT2D eigenvalue weighted by Gasteiger charge is -2.21. The minimum atomic E-state index is -4.57. The third-order valence-corrected chi connectivity index (χ3v) is 6.72. The number of nitrogens with zero attached hydrogens (tertiary/aromatic N) is 4. The molecule has 0 bridgehead atoms. The van der Waals surface area contributed by atoms with Crippen molar-refractivity contribution in [2.24, 2.45) is 0 Å². The number of hydrogen-bond acceptors (Lipinski definition) is 4. The summed E-state index contributed by atoms with van der Waals surface area (Å²) in [7, 11) is -1.16. The summed E-state index contributed by atoms with van der Waals surface area (Å²) in [5.41, 5.74) is -0.0435. The second-order valence-corrected chi connectivity index (χ2v) is 8.85. The number of aromatic nitrogens is 3. The molecule has 0 fully saturated rings. The van der Waals surface area contributed by atoms with Gasteiger partial charge < -0.3 is 0 Å². The van der Waals surface area contributed by atoms with Gasteiger partial charge in [0.25, 0.3) is 10.0 Å². The first kappa shape index (κ1) is 22.5. The minimum Gasteiger partial charge on any atom is -0.272 e. The van der Waals surface area contributed by atoms with Gasteiger partial charge in [-0.1, -0.05) is 12.1 Å². The Morgan fingerprint density at radius 1 is 1.00 bits per heavy atom. The van der Waals surface area contributed by atoms with E-state index in [0.29, 0.717) is 22.0 Å². The molecule has 0 aliphatic heterocycles. The first-order chi connectivity index (χ1) is 15.8. The maximum absolute atomic E-state index is 15.7. The van der Waals surface area contributed by atoms with Crippen LogP contribution in [0.4, 0.5) is 18.9 Å². The molecule has 4 aromatic rings. The summed E-state index contributed by atoms with van der Waals surface area (Å²) in [6, 6.07) is 9.83. The number of pyridine rings is 1. The summed E-state index contributed by atoms with van der Waals surface area (Å²) in [5, 5.41) is 4.30. The normalized spacial score (nSPS) is 11.5. The highest BCUT2D eigenvalue weighted by Gasteiger charge is 2.30. The molecule has 0 amide bonds. The van der Waals surface area contributed by atoms with Gasteiger partial charge in [0.1, 0.15) is 22.2 Å². The van der Waals surface area contributed by atoms with Crippen molar-refractivity contribution in [1.82, 2.24) is 14.8 Å². The van der Waals surface area contributed by atoms with Crippen molar-refractivity contribution in [2.45, 2.75) is 18.4 Å². The fraction of sp³-hybridized carbons (Fsp3) is 0.0870. The van der Waals surface area contributed by atoms with Crippen LogP contribution in [-0.4, -0.2) is 23.2 Å². The Hall–Kier alpha value is -3.66. The smallest absolute Gasteiger partial charge is 0.267 e. The zero-order valence-corrected chi connectivity index (χ0v) is 18.2. The van der Waals surface area contributed by atoms with E-state index in [1.807, 2.05) is 6.92 Å². The van der Waals surface area contributed by atoms with E-state index in [9.17, 15) is 17.2 Å². The Balaban J connectivity index is 1.90. The molecule has 0 aliphatic carbocycles. The molecule has 0 N–H and O–H groups in total. The van der Waals surface area contributed by atoms with Crippen LogP contribution in [0.3, 0.4) is 0 Å². The molecule has 6 nitrogen and oxygen atoms in total. The largest absolute Gasteiger partial charge is 0.272 e. The van der Waals surface area contributed by atoms with Crippen LogP contribution in [0.15, 0.2) is 72.0 Å². The van der Waals surface area contributed by atoms with E-state index >= 15 is 4.39 Å². The van der Waals surface area contributed by atoms with Crippen molar-refractivity contribution >= 4 is 15.7 Å². The highest BCUT2D eigenvalue weighted by molar-refractivity contribution is 7.92. The van der Waals surface area contributed by atoms with E-state index in [-0.39, 0.29) is 5.69 Å². The molecule has 0 unspecified atom stereocenters. The van der Waals surface area contributed by atoms with E-state index in [4.69, 9.17) is 0 Å². The van der Waals surface area contributed by atoms with Crippen LogP contribution in [0.5, 0.6) is 0 Å². The van der Waals surface area contributed by atoms with Crippen molar-refractivity contribution in [3.05, 3.63) is 91.6 Å². The molecule has 0 spiro atoms. The number of halogens is 3. The quantitative estimate of drug-likeness (QED) is 0.395. The molecule has 2 aromatic heterocycles. The predicted molar refractivity (Wildman–Crippen MR) is 118 cm³/mol. The Bertz CT molecular complexity index is 1420. The number of hydrogen-bond donors (Lipinski definition) is 0. The Morgan fingerprint density at radius 2 is 1.70 bits per heavy atom. The first-order valence-corrected chi connectivity index (χ1v) is 11.3. The molecular formula is C23H18F3N4O2S. The van der Waals surface area contributed by atoms with E-state index in [0.717, 1.165) is 24.3 Å². The van der Waals surface area contributed by atoms with Gasteiger partial charge in [0.05, 0.1) is 18.3 Å². The molecular weight excluding hydrogens is 453 g/mol. The number of anilines is 1. The summed E-state index contributed by atoms with van der Waals surface area (Å²) in [4.78, 5) is 3.27. The van der Waals surface area contributed by atoms with Crippen LogP contribution in [0.2, 0.25) is 0 Å². The molecule has 4 rings (SSSR count). The molecule has 0 saturated carbocycles. The van der Waals surface area contributed by atoms with Crippen molar-refractivity contribution in [1.29, 1.82) is 0 Å². The second-order valence-electron chi connectivity index (χ2n) is 7.02. The standard InChI is InChI=1S/C23H18F3N4O2S/c1-3-30-14-16(15-10-12-27-13-11-15)23(28-30)21-18(25)8-9-19(22(21)26)29(2)33(31,32)20-7-5-4-6-17(20)24/h4-14H,2-3H2,1H3. The van der Waals surface area contributed by atoms with Gasteiger partial charge in [-0.3, -0.25) is 14.0 Å². The molecule has 0 saturated heterocycles. The first-order valence-electron chi connectivity index (χ1n) is 9.82. The van der Waals surface area contributed by atoms with Gasteiger partial charge in [-0.15, -0.1) is 0 Å². The van der Waals surface area contributed by atoms with Gasteiger partial charge in [-0.05, 0) is 48.9 Å². The van der Waals surface area contributed by atoms with Gasteiger partial charge in [-0.25, -0.2) is 21.6 Å². The lowest BCUT2D eigenvalue weighted by atomic mass is 10.0. The summed E-state index contributed by atoms with van der Waals surface area (Å²) in [6.07, 6.45) is 4.70. The zero-order chi connectivity index (χ0) is 23.8. The highest BCUT2D eigenvalue weighted by Crippen LogP contribution is 2.38. The summed E-state index contributed by atoms with van der Waals surface area (Å²) in [6.45, 7) is 2.25. The van der Waals surface area contributed by atoms with Crippen molar-refractivity contribution in [2.75, 3.05) is 4.31 Å². The molecule has 10 heteroatoms. The van der Waals surface area contributed by atoms with Crippen molar-refractivity contribution in [3.63, 3.8) is 0 Å². The Kier molecular flexibility index (Phi) is 5.94. The molecule has 2 aromatic carbocycles. The van der Waals surface area contributed by atoms with Crippen LogP contribution in [0.1, 0.15) is 6.92 Å². The van der Waals surface area contributed by atoms with Gasteiger partial charge in [0, 0.05) is 30.7 Å². The molecule has 1 radical (unpaired) electrons. The topological polar surface area (TPSA) is 68.1 Å². The Labute approximate surface area is 189 Å². The number of sulfonamides is 1. The monoisotopic (exact) mass is 471 g/mol. The second kappa shape index (κ2) is 8.70. The van der Waals surface area contributed by atoms with E-state index in [1.54, 1.807) is 18.3 Å². The number of benzene rings is 2. The minimum absolute atomic E-state index is 0.0170. The third kappa shape index (κ3) is 3.97. The van der Waals surface area contributed by atoms with Crippen LogP contribution >= 0.6 is 0 Å². The molecule has 33 heavy (non-hydrogen) atoms. The van der Waals surface area contributed by atoms with Crippen LogP contribution in [0, 0.1) is 24.5 Å². The lowest BCUT2D eigenvalue weighted by Crippen LogP contribution is -2.26. The van der Waals surface area contributed by atoms with Crippen LogP contribution in [-0.2, 0) is 16.6 Å². The SMILES string of the molecule is [CH2]N(c1ccc(F)c(-c2nn(CC)cc2-c2ccncc2)c1F)S(=O)(=O)c1ccccc1F. The summed E-state index contributed by atoms with van der Waals surface area (Å²) < 4.78 is 72.4. The number of aryl methyl sites for hydroxylation is 1. The zero-order valence-electron chi connectivity index (χ0n) is 17.4. The summed E-state index contributed by atoms with van der Waals surface area (Å²) >= 11 is 0. The van der Waals surface area contributed by atoms with E-state index in [1.165, 1.54) is 29.2 Å². The fourth-order valence-electron chi connectivity index (χ4n) is 3.36. The van der Waals surface area contributed by atoms with Crippen molar-refractivity contribution in [3.8, 4) is 22.4 Å². The molecule has 169 valence electrons. The molecule has 0 aliphatic rings. The van der Waals surface area contributed by atoms with Crippen molar-refractivity contribution < 1.29 is 21.6 Å². The number of rotatable bonds is 6. The highest BCUT2D eigenvalue weighted by atomic mass is 32.2. The van der Waals surface area contributed by atoms with Gasteiger partial charge >= 0.3 is 0 Å². The van der Waals surface area contributed by atoms with E-state index < -0.39 is 43.6 Å². The molecule has 0 atom stereocenters.